The Kier molecular flexibility index (Phi) is 5.61. The molecular formula is C13H16N4O4S. The van der Waals surface area contributed by atoms with Gasteiger partial charge in [0.2, 0.25) is 0 Å². The maximum atomic E-state index is 12.0. The third-order valence-corrected chi connectivity index (χ3v) is 3.34. The zero-order valence-electron chi connectivity index (χ0n) is 12.2. The summed E-state index contributed by atoms with van der Waals surface area (Å²) in [6.45, 7) is 2.35. The number of carbonyl (C=O) groups excluding carboxylic acids is 2. The highest BCUT2D eigenvalue weighted by molar-refractivity contribution is 7.14. The molecule has 9 heteroatoms. The minimum absolute atomic E-state index is 0.0860. The molecule has 0 aromatic carbocycles. The third kappa shape index (κ3) is 4.37. The van der Waals surface area contributed by atoms with Crippen molar-refractivity contribution in [1.82, 2.24) is 14.8 Å². The summed E-state index contributed by atoms with van der Waals surface area (Å²) in [5.41, 5.74) is 0.822. The predicted molar refractivity (Wildman–Crippen MR) is 79.6 cm³/mol. The number of thiazole rings is 1. The van der Waals surface area contributed by atoms with Crippen LogP contribution in [0.25, 0.3) is 0 Å². The average Bonchev–Trinajstić information content (AvgIpc) is 3.09. The van der Waals surface area contributed by atoms with Gasteiger partial charge in [-0.05, 0) is 13.0 Å². The summed E-state index contributed by atoms with van der Waals surface area (Å²) in [4.78, 5) is 27.5. The van der Waals surface area contributed by atoms with Crippen LogP contribution >= 0.6 is 11.3 Å². The van der Waals surface area contributed by atoms with Crippen LogP contribution in [0.1, 0.15) is 23.1 Å². The van der Waals surface area contributed by atoms with Crippen LogP contribution in [0.2, 0.25) is 0 Å². The second-order valence-corrected chi connectivity index (χ2v) is 5.10. The van der Waals surface area contributed by atoms with Gasteiger partial charge in [-0.2, -0.15) is 5.10 Å². The van der Waals surface area contributed by atoms with Crippen molar-refractivity contribution in [2.24, 2.45) is 0 Å². The molecule has 2 rings (SSSR count). The lowest BCUT2D eigenvalue weighted by Gasteiger charge is -1.99. The van der Waals surface area contributed by atoms with Gasteiger partial charge in [0, 0.05) is 18.7 Å². The number of amides is 1. The van der Waals surface area contributed by atoms with Crippen LogP contribution in [0.15, 0.2) is 17.6 Å². The van der Waals surface area contributed by atoms with Crippen molar-refractivity contribution < 1.29 is 19.1 Å². The van der Waals surface area contributed by atoms with Gasteiger partial charge >= 0.3 is 5.97 Å². The number of rotatable bonds is 7. The first-order valence-corrected chi connectivity index (χ1v) is 7.44. The molecule has 0 aliphatic heterocycles. The quantitative estimate of drug-likeness (QED) is 0.771. The molecule has 0 unspecified atom stereocenters. The summed E-state index contributed by atoms with van der Waals surface area (Å²) in [5, 5.41) is 8.81. The standard InChI is InChI=1S/C13H16N4O4S/c1-3-21-11(18)6-9-7-22-13(14-9)15-12(19)10-4-5-17(16-10)8-20-2/h4-5,7H,3,6,8H2,1-2H3,(H,14,15,19). The molecular weight excluding hydrogens is 308 g/mol. The van der Waals surface area contributed by atoms with E-state index in [0.29, 0.717) is 17.4 Å². The number of methoxy groups -OCH3 is 1. The zero-order valence-corrected chi connectivity index (χ0v) is 13.1. The first kappa shape index (κ1) is 16.1. The fourth-order valence-corrected chi connectivity index (χ4v) is 2.36. The minimum Gasteiger partial charge on any atom is -0.466 e. The number of nitrogens with one attached hydrogen (secondary N) is 1. The van der Waals surface area contributed by atoms with E-state index in [2.05, 4.69) is 15.4 Å². The Labute approximate surface area is 131 Å². The lowest BCUT2D eigenvalue weighted by Crippen LogP contribution is -2.14. The molecule has 2 heterocycles. The third-order valence-electron chi connectivity index (χ3n) is 2.54. The normalized spacial score (nSPS) is 10.5. The van der Waals surface area contributed by atoms with Crippen LogP contribution in [0.5, 0.6) is 0 Å². The highest BCUT2D eigenvalue weighted by Crippen LogP contribution is 2.17. The topological polar surface area (TPSA) is 95.3 Å². The molecule has 2 aromatic heterocycles. The molecule has 0 saturated heterocycles. The second-order valence-electron chi connectivity index (χ2n) is 4.24. The minimum atomic E-state index is -0.369. The molecule has 22 heavy (non-hydrogen) atoms. The molecule has 2 aromatic rings. The summed E-state index contributed by atoms with van der Waals surface area (Å²) in [7, 11) is 1.54. The van der Waals surface area contributed by atoms with Crippen LogP contribution in [0.3, 0.4) is 0 Å². The SMILES string of the molecule is CCOC(=O)Cc1csc(NC(=O)c2ccn(COC)n2)n1. The Morgan fingerprint density at radius 1 is 1.45 bits per heavy atom. The van der Waals surface area contributed by atoms with Gasteiger partial charge in [0.1, 0.15) is 6.73 Å². The number of ether oxygens (including phenoxy) is 2. The van der Waals surface area contributed by atoms with E-state index in [-0.39, 0.29) is 30.7 Å². The van der Waals surface area contributed by atoms with E-state index in [1.807, 2.05) is 0 Å². The molecule has 118 valence electrons. The van der Waals surface area contributed by atoms with Crippen molar-refractivity contribution in [2.45, 2.75) is 20.1 Å². The second kappa shape index (κ2) is 7.66. The van der Waals surface area contributed by atoms with Crippen molar-refractivity contribution in [1.29, 1.82) is 0 Å². The molecule has 1 amide bonds. The summed E-state index contributed by atoms with van der Waals surface area (Å²) >= 11 is 1.24. The van der Waals surface area contributed by atoms with Gasteiger partial charge < -0.3 is 9.47 Å². The average molecular weight is 324 g/mol. The summed E-state index contributed by atoms with van der Waals surface area (Å²) in [6.07, 6.45) is 1.73. The molecule has 0 saturated carbocycles. The monoisotopic (exact) mass is 324 g/mol. The first-order valence-electron chi connectivity index (χ1n) is 6.56. The lowest BCUT2D eigenvalue weighted by molar-refractivity contribution is -0.142. The predicted octanol–water partition coefficient (Wildman–Crippen LogP) is 1.30. The lowest BCUT2D eigenvalue weighted by atomic mass is 10.3. The van der Waals surface area contributed by atoms with Crippen molar-refractivity contribution in [3.8, 4) is 0 Å². The maximum absolute atomic E-state index is 12.0. The van der Waals surface area contributed by atoms with E-state index in [1.165, 1.54) is 16.0 Å². The number of carbonyl (C=O) groups is 2. The zero-order chi connectivity index (χ0) is 15.9. The summed E-state index contributed by atoms with van der Waals surface area (Å²) in [5.74, 6) is -0.712. The smallest absolute Gasteiger partial charge is 0.311 e. The van der Waals surface area contributed by atoms with E-state index in [4.69, 9.17) is 9.47 Å². The summed E-state index contributed by atoms with van der Waals surface area (Å²) in [6, 6.07) is 1.58. The van der Waals surface area contributed by atoms with Crippen molar-refractivity contribution in [2.75, 3.05) is 19.0 Å². The van der Waals surface area contributed by atoms with Crippen molar-refractivity contribution >= 4 is 28.3 Å². The van der Waals surface area contributed by atoms with Gasteiger partial charge in [-0.1, -0.05) is 0 Å². The van der Waals surface area contributed by atoms with Crippen LogP contribution in [-0.2, 0) is 27.4 Å². The van der Waals surface area contributed by atoms with Crippen LogP contribution in [0.4, 0.5) is 5.13 Å². The molecule has 0 radical (unpaired) electrons. The van der Waals surface area contributed by atoms with E-state index in [0.717, 1.165) is 0 Å². The number of nitrogens with zero attached hydrogens (tertiary/aromatic N) is 3. The number of esters is 1. The highest BCUT2D eigenvalue weighted by Gasteiger charge is 2.13. The van der Waals surface area contributed by atoms with E-state index >= 15 is 0 Å². The van der Waals surface area contributed by atoms with E-state index < -0.39 is 0 Å². The van der Waals surface area contributed by atoms with Gasteiger partial charge in [0.25, 0.3) is 5.91 Å². The molecule has 1 N–H and O–H groups in total. The Bertz CT molecular complexity index is 652. The van der Waals surface area contributed by atoms with Crippen molar-refractivity contribution in [3.63, 3.8) is 0 Å². The van der Waals surface area contributed by atoms with Gasteiger partial charge in [-0.15, -0.1) is 11.3 Å². The number of hydrogen-bond donors (Lipinski definition) is 1. The fourth-order valence-electron chi connectivity index (χ4n) is 1.65. The Morgan fingerprint density at radius 3 is 3.00 bits per heavy atom. The number of aromatic nitrogens is 3. The molecule has 0 spiro atoms. The van der Waals surface area contributed by atoms with Gasteiger partial charge in [-0.3, -0.25) is 14.9 Å². The van der Waals surface area contributed by atoms with Gasteiger partial charge in [-0.25, -0.2) is 9.67 Å². The number of hydrogen-bond acceptors (Lipinski definition) is 7. The van der Waals surface area contributed by atoms with Crippen LogP contribution in [0, 0.1) is 0 Å². The Hall–Kier alpha value is -2.26. The number of anilines is 1. The van der Waals surface area contributed by atoms with Gasteiger partial charge in [0.15, 0.2) is 10.8 Å². The molecule has 8 nitrogen and oxygen atoms in total. The van der Waals surface area contributed by atoms with Crippen molar-refractivity contribution in [3.05, 3.63) is 29.0 Å². The van der Waals surface area contributed by atoms with E-state index in [9.17, 15) is 9.59 Å². The molecule has 0 fully saturated rings. The largest absolute Gasteiger partial charge is 0.466 e. The molecule has 0 bridgehead atoms. The molecule has 0 aliphatic carbocycles. The molecule has 0 atom stereocenters. The Balaban J connectivity index is 1.94. The molecule has 0 aliphatic rings. The first-order chi connectivity index (χ1) is 10.6. The van der Waals surface area contributed by atoms with Crippen LogP contribution < -0.4 is 5.32 Å². The maximum Gasteiger partial charge on any atom is 0.311 e. The highest BCUT2D eigenvalue weighted by atomic mass is 32.1. The van der Waals surface area contributed by atoms with Gasteiger partial charge in [0.05, 0.1) is 18.7 Å². The van der Waals surface area contributed by atoms with E-state index in [1.54, 1.807) is 31.7 Å². The van der Waals surface area contributed by atoms with Crippen LogP contribution in [-0.4, -0.2) is 40.4 Å². The Morgan fingerprint density at radius 2 is 2.27 bits per heavy atom. The summed E-state index contributed by atoms with van der Waals surface area (Å²) < 4.78 is 11.3. The fraction of sp³-hybridized carbons (Fsp3) is 0.385.